The Morgan fingerprint density at radius 2 is 1.84 bits per heavy atom. The molecule has 0 radical (unpaired) electrons. The van der Waals surface area contributed by atoms with Crippen LogP contribution in [0.5, 0.6) is 0 Å². The van der Waals surface area contributed by atoms with E-state index < -0.39 is 0 Å². The number of likely N-dealkylation sites (N-methyl/N-ethyl adjacent to an activating group) is 1. The lowest BCUT2D eigenvalue weighted by molar-refractivity contribution is 0.487. The third-order valence-electron chi connectivity index (χ3n) is 5.29. The van der Waals surface area contributed by atoms with Crippen molar-refractivity contribution in [1.29, 1.82) is 0 Å². The van der Waals surface area contributed by atoms with Crippen LogP contribution in [0.25, 0.3) is 10.8 Å². The summed E-state index contributed by atoms with van der Waals surface area (Å²) in [6, 6.07) is 12.9. The van der Waals surface area contributed by atoms with Crippen molar-refractivity contribution in [2.45, 2.75) is 24.8 Å². The first kappa shape index (κ1) is 14.6. The predicted octanol–water partition coefficient (Wildman–Crippen LogP) is 2.62. The van der Waals surface area contributed by atoms with E-state index in [9.17, 15) is 0 Å². The van der Waals surface area contributed by atoms with Crippen LogP contribution in [0, 0.1) is 0 Å². The average molecular weight is 332 g/mol. The number of hydrogen-bond acceptors (Lipinski definition) is 6. The first-order valence-electron chi connectivity index (χ1n) is 8.81. The van der Waals surface area contributed by atoms with Crippen LogP contribution in [-0.2, 0) is 0 Å². The standard InChI is InChI=1S/C19H20N6/c1-24(19-16-5-3-2-4-14(16)10-20-23-19)15-11-25(12-15)18-9-8-17(21-22-18)13-6-7-13/h2-5,8-10,13,15H,6-7,11-12H2,1H3. The molecule has 1 saturated heterocycles. The number of rotatable bonds is 4. The topological polar surface area (TPSA) is 58.0 Å². The Hall–Kier alpha value is -2.76. The quantitative estimate of drug-likeness (QED) is 0.732. The molecule has 6 heteroatoms. The van der Waals surface area contributed by atoms with E-state index in [0.29, 0.717) is 12.0 Å². The lowest BCUT2D eigenvalue weighted by atomic mass is 10.1. The molecular formula is C19H20N6. The zero-order chi connectivity index (χ0) is 16.8. The molecule has 0 amide bonds. The van der Waals surface area contributed by atoms with E-state index >= 15 is 0 Å². The number of aromatic nitrogens is 4. The second-order valence-electron chi connectivity index (χ2n) is 7.02. The minimum Gasteiger partial charge on any atom is -0.351 e. The Kier molecular flexibility index (Phi) is 3.29. The third-order valence-corrected chi connectivity index (χ3v) is 5.29. The molecule has 0 spiro atoms. The second-order valence-corrected chi connectivity index (χ2v) is 7.02. The van der Waals surface area contributed by atoms with Crippen molar-refractivity contribution in [2.24, 2.45) is 0 Å². The van der Waals surface area contributed by atoms with Gasteiger partial charge in [0.25, 0.3) is 0 Å². The van der Waals surface area contributed by atoms with Crippen molar-refractivity contribution >= 4 is 22.4 Å². The molecule has 2 aliphatic rings. The van der Waals surface area contributed by atoms with Crippen molar-refractivity contribution in [3.05, 3.63) is 48.3 Å². The fraction of sp³-hybridized carbons (Fsp3) is 0.368. The average Bonchev–Trinajstić information content (AvgIpc) is 3.45. The molecule has 3 heterocycles. The first-order chi connectivity index (χ1) is 12.3. The molecule has 1 aliphatic carbocycles. The van der Waals surface area contributed by atoms with Crippen LogP contribution in [0.1, 0.15) is 24.5 Å². The summed E-state index contributed by atoms with van der Waals surface area (Å²) in [6.45, 7) is 1.86. The van der Waals surface area contributed by atoms with Crippen LogP contribution in [0.2, 0.25) is 0 Å². The van der Waals surface area contributed by atoms with E-state index in [1.54, 1.807) is 0 Å². The van der Waals surface area contributed by atoms with Crippen molar-refractivity contribution < 1.29 is 0 Å². The highest BCUT2D eigenvalue weighted by molar-refractivity contribution is 5.91. The summed E-state index contributed by atoms with van der Waals surface area (Å²) >= 11 is 0. The van der Waals surface area contributed by atoms with E-state index in [0.717, 1.165) is 41.2 Å². The van der Waals surface area contributed by atoms with Gasteiger partial charge in [-0.2, -0.15) is 10.2 Å². The van der Waals surface area contributed by atoms with Gasteiger partial charge in [-0.15, -0.1) is 10.2 Å². The van der Waals surface area contributed by atoms with E-state index in [1.165, 1.54) is 12.8 Å². The zero-order valence-corrected chi connectivity index (χ0v) is 14.2. The van der Waals surface area contributed by atoms with Gasteiger partial charge >= 0.3 is 0 Å². The lowest BCUT2D eigenvalue weighted by Gasteiger charge is -2.44. The van der Waals surface area contributed by atoms with Crippen molar-refractivity contribution in [3.63, 3.8) is 0 Å². The molecule has 0 bridgehead atoms. The molecule has 1 saturated carbocycles. The maximum absolute atomic E-state index is 4.41. The smallest absolute Gasteiger partial charge is 0.159 e. The Bertz CT molecular complexity index is 894. The number of benzene rings is 1. The Morgan fingerprint density at radius 1 is 1.00 bits per heavy atom. The van der Waals surface area contributed by atoms with Crippen molar-refractivity contribution in [1.82, 2.24) is 20.4 Å². The molecule has 0 atom stereocenters. The monoisotopic (exact) mass is 332 g/mol. The van der Waals surface area contributed by atoms with E-state index in [4.69, 9.17) is 0 Å². The van der Waals surface area contributed by atoms with Crippen molar-refractivity contribution in [2.75, 3.05) is 29.9 Å². The SMILES string of the molecule is CN(c1nncc2ccccc12)C1CN(c2ccc(C3CC3)nn2)C1. The summed E-state index contributed by atoms with van der Waals surface area (Å²) in [5.41, 5.74) is 1.14. The second kappa shape index (κ2) is 5.65. The number of fused-ring (bicyclic) bond motifs is 1. The molecule has 0 unspecified atom stereocenters. The van der Waals surface area contributed by atoms with E-state index in [2.05, 4.69) is 61.5 Å². The zero-order valence-electron chi connectivity index (χ0n) is 14.2. The molecular weight excluding hydrogens is 312 g/mol. The highest BCUT2D eigenvalue weighted by Gasteiger charge is 2.33. The van der Waals surface area contributed by atoms with E-state index in [1.807, 2.05) is 18.3 Å². The maximum atomic E-state index is 4.41. The molecule has 1 aliphatic heterocycles. The van der Waals surface area contributed by atoms with Crippen LogP contribution >= 0.6 is 0 Å². The Morgan fingerprint density at radius 3 is 2.60 bits per heavy atom. The fourth-order valence-corrected chi connectivity index (χ4v) is 3.43. The number of hydrogen-bond donors (Lipinski definition) is 0. The van der Waals surface area contributed by atoms with Gasteiger partial charge < -0.3 is 9.80 Å². The van der Waals surface area contributed by atoms with Crippen LogP contribution in [0.3, 0.4) is 0 Å². The minimum absolute atomic E-state index is 0.407. The number of nitrogens with zero attached hydrogens (tertiary/aromatic N) is 6. The molecule has 6 nitrogen and oxygen atoms in total. The highest BCUT2D eigenvalue weighted by atomic mass is 15.4. The molecule has 126 valence electrons. The van der Waals surface area contributed by atoms with E-state index in [-0.39, 0.29) is 0 Å². The summed E-state index contributed by atoms with van der Waals surface area (Å²) in [5.74, 6) is 2.57. The lowest BCUT2D eigenvalue weighted by Crippen LogP contribution is -2.59. The summed E-state index contributed by atoms with van der Waals surface area (Å²) in [4.78, 5) is 4.50. The summed E-state index contributed by atoms with van der Waals surface area (Å²) in [6.07, 6.45) is 4.34. The van der Waals surface area contributed by atoms with Crippen LogP contribution in [-0.4, -0.2) is 46.6 Å². The van der Waals surface area contributed by atoms with Gasteiger partial charge in [0.1, 0.15) is 0 Å². The van der Waals surface area contributed by atoms with Crippen molar-refractivity contribution in [3.8, 4) is 0 Å². The van der Waals surface area contributed by atoms with Gasteiger partial charge in [0.2, 0.25) is 0 Å². The third kappa shape index (κ3) is 2.58. The normalized spacial score (nSPS) is 17.6. The molecule has 0 N–H and O–H groups in total. The van der Waals surface area contributed by atoms with Gasteiger partial charge in [0.15, 0.2) is 11.6 Å². The summed E-state index contributed by atoms with van der Waals surface area (Å²) < 4.78 is 0. The van der Waals surface area contributed by atoms with Gasteiger partial charge in [-0.1, -0.05) is 24.3 Å². The number of anilines is 2. The van der Waals surface area contributed by atoms with Gasteiger partial charge in [0, 0.05) is 36.8 Å². The largest absolute Gasteiger partial charge is 0.351 e. The fourth-order valence-electron chi connectivity index (χ4n) is 3.43. The van der Waals surface area contributed by atoms with Gasteiger partial charge in [-0.25, -0.2) is 0 Å². The van der Waals surface area contributed by atoms with Gasteiger partial charge in [0.05, 0.1) is 17.9 Å². The molecule has 5 rings (SSSR count). The summed E-state index contributed by atoms with van der Waals surface area (Å²) in [7, 11) is 2.10. The first-order valence-corrected chi connectivity index (χ1v) is 8.81. The summed E-state index contributed by atoms with van der Waals surface area (Å²) in [5, 5.41) is 19.6. The molecule has 3 aromatic rings. The van der Waals surface area contributed by atoms with Crippen LogP contribution < -0.4 is 9.80 Å². The minimum atomic E-state index is 0.407. The van der Waals surface area contributed by atoms with Crippen LogP contribution in [0.4, 0.5) is 11.6 Å². The Balaban J connectivity index is 1.30. The molecule has 2 fully saturated rings. The predicted molar refractivity (Wildman–Crippen MR) is 97.9 cm³/mol. The van der Waals surface area contributed by atoms with Gasteiger partial charge in [-0.3, -0.25) is 0 Å². The molecule has 25 heavy (non-hydrogen) atoms. The van der Waals surface area contributed by atoms with Gasteiger partial charge in [-0.05, 0) is 25.0 Å². The maximum Gasteiger partial charge on any atom is 0.159 e. The Labute approximate surface area is 146 Å². The highest BCUT2D eigenvalue weighted by Crippen LogP contribution is 2.39. The molecule has 1 aromatic carbocycles. The molecule has 2 aromatic heterocycles. The van der Waals surface area contributed by atoms with Crippen LogP contribution in [0.15, 0.2) is 42.6 Å².